The van der Waals surface area contributed by atoms with E-state index in [1.165, 1.54) is 23.1 Å². The van der Waals surface area contributed by atoms with Gasteiger partial charge in [0, 0.05) is 55.2 Å². The molecule has 0 spiro atoms. The number of pyridine rings is 1. The van der Waals surface area contributed by atoms with E-state index in [2.05, 4.69) is 9.88 Å². The van der Waals surface area contributed by atoms with E-state index in [4.69, 9.17) is 32.7 Å². The summed E-state index contributed by atoms with van der Waals surface area (Å²) in [6.07, 6.45) is -2.33. The molecule has 0 bridgehead atoms. The lowest BCUT2D eigenvalue weighted by molar-refractivity contribution is -0.153. The van der Waals surface area contributed by atoms with Crippen LogP contribution in [0.1, 0.15) is 28.8 Å². The molecule has 2 fully saturated rings. The minimum absolute atomic E-state index is 0.140. The monoisotopic (exact) mass is 636 g/mol. The quantitative estimate of drug-likeness (QED) is 0.340. The number of amides is 2. The molecular formula is C30H29Cl2F3N4O4. The molecule has 2 amide bonds. The fourth-order valence-electron chi connectivity index (χ4n) is 5.62. The van der Waals surface area contributed by atoms with Crippen LogP contribution < -0.4 is 14.4 Å². The molecule has 0 aliphatic carbocycles. The van der Waals surface area contributed by atoms with Gasteiger partial charge < -0.3 is 24.2 Å². The van der Waals surface area contributed by atoms with Gasteiger partial charge in [-0.3, -0.25) is 14.6 Å². The number of benzene rings is 2. The van der Waals surface area contributed by atoms with Gasteiger partial charge in [0.05, 0.1) is 30.5 Å². The highest BCUT2D eigenvalue weighted by molar-refractivity contribution is 6.34. The Morgan fingerprint density at radius 3 is 2.33 bits per heavy atom. The molecule has 3 heterocycles. The third-order valence-corrected chi connectivity index (χ3v) is 8.07. The summed E-state index contributed by atoms with van der Waals surface area (Å²) in [7, 11) is 1.60. The highest BCUT2D eigenvalue weighted by Gasteiger charge is 2.49. The van der Waals surface area contributed by atoms with Crippen molar-refractivity contribution < 1.29 is 32.2 Å². The van der Waals surface area contributed by atoms with Crippen LogP contribution in [0, 0.1) is 0 Å². The molecule has 13 heteroatoms. The highest BCUT2D eigenvalue weighted by Crippen LogP contribution is 2.36. The van der Waals surface area contributed by atoms with Crippen LogP contribution in [0.3, 0.4) is 0 Å². The molecule has 0 radical (unpaired) electrons. The molecule has 2 aromatic carbocycles. The van der Waals surface area contributed by atoms with E-state index in [0.29, 0.717) is 32.6 Å². The van der Waals surface area contributed by atoms with E-state index in [9.17, 15) is 22.8 Å². The van der Waals surface area contributed by atoms with Gasteiger partial charge >= 0.3 is 6.18 Å². The summed E-state index contributed by atoms with van der Waals surface area (Å²) in [6, 6.07) is 12.9. The Hall–Kier alpha value is -3.70. The van der Waals surface area contributed by atoms with Crippen molar-refractivity contribution in [2.24, 2.45) is 0 Å². The number of hydrogen-bond acceptors (Lipinski definition) is 6. The van der Waals surface area contributed by atoms with Crippen molar-refractivity contribution in [1.29, 1.82) is 0 Å². The maximum Gasteiger partial charge on any atom is 0.417 e. The van der Waals surface area contributed by atoms with E-state index < -0.39 is 28.8 Å². The smallest absolute Gasteiger partial charge is 0.417 e. The Bertz CT molecular complexity index is 1480. The number of hydrogen-bond donors (Lipinski definition) is 0. The minimum Gasteiger partial charge on any atom is -0.495 e. The molecule has 8 nitrogen and oxygen atoms in total. The van der Waals surface area contributed by atoms with E-state index in [1.807, 2.05) is 24.3 Å². The topological polar surface area (TPSA) is 75.2 Å². The van der Waals surface area contributed by atoms with Crippen molar-refractivity contribution in [3.05, 3.63) is 82.1 Å². The van der Waals surface area contributed by atoms with Crippen LogP contribution in [0.2, 0.25) is 10.0 Å². The number of methoxy groups -OCH3 is 1. The number of piperidine rings is 1. The standard InChI is InChI=1S/C30H29Cl2F3N4O4/c1-42-26-6-3-2-5-25(26)37-11-13-38(14-12-37)28(41)29(43-22-16-20(31)15-21(32)17-22)8-4-10-39(19-29)27(40)23-18-36-9-7-24(23)30(33,34)35/h2-3,5-7,9,15-18H,4,8,10-14,19H2,1H3. The average molecular weight is 637 g/mol. The van der Waals surface area contributed by atoms with Crippen molar-refractivity contribution in [2.45, 2.75) is 24.6 Å². The van der Waals surface area contributed by atoms with Crippen molar-refractivity contribution in [3.63, 3.8) is 0 Å². The fourth-order valence-corrected chi connectivity index (χ4v) is 6.13. The van der Waals surface area contributed by atoms with Crippen molar-refractivity contribution in [1.82, 2.24) is 14.8 Å². The van der Waals surface area contributed by atoms with Crippen LogP contribution in [-0.2, 0) is 11.0 Å². The van der Waals surface area contributed by atoms with Crippen molar-refractivity contribution in [3.8, 4) is 11.5 Å². The average Bonchev–Trinajstić information content (AvgIpc) is 2.99. The number of para-hydroxylation sites is 2. The summed E-state index contributed by atoms with van der Waals surface area (Å²) >= 11 is 12.4. The number of alkyl halides is 3. The van der Waals surface area contributed by atoms with E-state index in [0.717, 1.165) is 29.9 Å². The molecular weight excluding hydrogens is 608 g/mol. The highest BCUT2D eigenvalue weighted by atomic mass is 35.5. The third-order valence-electron chi connectivity index (χ3n) is 7.63. The zero-order valence-corrected chi connectivity index (χ0v) is 24.8. The largest absolute Gasteiger partial charge is 0.495 e. The number of nitrogens with zero attached hydrogens (tertiary/aromatic N) is 4. The van der Waals surface area contributed by atoms with E-state index in [-0.39, 0.29) is 41.2 Å². The maximum atomic E-state index is 14.3. The van der Waals surface area contributed by atoms with Gasteiger partial charge in [-0.1, -0.05) is 35.3 Å². The summed E-state index contributed by atoms with van der Waals surface area (Å²) in [4.78, 5) is 36.6. The number of rotatable bonds is 6. The van der Waals surface area contributed by atoms with Gasteiger partial charge in [-0.15, -0.1) is 0 Å². The number of carbonyl (C=O) groups is 2. The number of carbonyl (C=O) groups excluding carboxylic acids is 2. The number of halogens is 5. The second-order valence-corrected chi connectivity index (χ2v) is 11.3. The first kappa shape index (κ1) is 30.7. The summed E-state index contributed by atoms with van der Waals surface area (Å²) < 4.78 is 53.1. The number of likely N-dealkylation sites (tertiary alicyclic amines) is 1. The van der Waals surface area contributed by atoms with E-state index in [1.54, 1.807) is 12.0 Å². The Morgan fingerprint density at radius 1 is 0.953 bits per heavy atom. The van der Waals surface area contributed by atoms with E-state index >= 15 is 0 Å². The third kappa shape index (κ3) is 6.62. The van der Waals surface area contributed by atoms with Crippen LogP contribution in [0.25, 0.3) is 0 Å². The molecule has 2 aliphatic rings. The summed E-state index contributed by atoms with van der Waals surface area (Å²) in [6.45, 7) is 1.60. The van der Waals surface area contributed by atoms with Crippen LogP contribution in [0.4, 0.5) is 18.9 Å². The zero-order chi connectivity index (χ0) is 30.8. The Balaban J connectivity index is 1.43. The number of piperazine rings is 1. The Labute approximate surface area is 256 Å². The predicted molar refractivity (Wildman–Crippen MR) is 156 cm³/mol. The minimum atomic E-state index is -4.76. The maximum absolute atomic E-state index is 14.3. The fraction of sp³-hybridized carbons (Fsp3) is 0.367. The summed E-state index contributed by atoms with van der Waals surface area (Å²) in [5.74, 6) is -0.325. The lowest BCUT2D eigenvalue weighted by atomic mass is 9.89. The molecule has 3 aromatic rings. The van der Waals surface area contributed by atoms with Crippen molar-refractivity contribution in [2.75, 3.05) is 51.3 Å². The van der Waals surface area contributed by atoms with Gasteiger partial charge in [-0.2, -0.15) is 13.2 Å². The van der Waals surface area contributed by atoms with Gasteiger partial charge in [0.1, 0.15) is 11.5 Å². The van der Waals surface area contributed by atoms with Gasteiger partial charge in [-0.25, -0.2) is 0 Å². The summed E-state index contributed by atoms with van der Waals surface area (Å²) in [5.41, 5.74) is -2.36. The van der Waals surface area contributed by atoms with Crippen molar-refractivity contribution >= 4 is 40.7 Å². The summed E-state index contributed by atoms with van der Waals surface area (Å²) in [5, 5.41) is 0.564. The molecule has 1 aromatic heterocycles. The lowest BCUT2D eigenvalue weighted by Gasteiger charge is -2.45. The Kier molecular flexibility index (Phi) is 8.94. The normalized spacial score (nSPS) is 19.3. The zero-order valence-electron chi connectivity index (χ0n) is 23.2. The van der Waals surface area contributed by atoms with Crippen LogP contribution in [0.15, 0.2) is 60.9 Å². The molecule has 5 rings (SSSR count). The molecule has 2 saturated heterocycles. The first-order valence-electron chi connectivity index (χ1n) is 13.6. The van der Waals surface area contributed by atoms with Crippen LogP contribution >= 0.6 is 23.2 Å². The molecule has 0 N–H and O–H groups in total. The first-order chi connectivity index (χ1) is 20.5. The van der Waals surface area contributed by atoms with Crippen LogP contribution in [-0.4, -0.2) is 78.6 Å². The molecule has 43 heavy (non-hydrogen) atoms. The molecule has 1 atom stereocenters. The number of ether oxygens (including phenoxy) is 2. The molecule has 1 unspecified atom stereocenters. The second-order valence-electron chi connectivity index (χ2n) is 10.4. The van der Waals surface area contributed by atoms with Gasteiger partial charge in [0.25, 0.3) is 11.8 Å². The molecule has 2 aliphatic heterocycles. The lowest BCUT2D eigenvalue weighted by Crippen LogP contribution is -2.64. The SMILES string of the molecule is COc1ccccc1N1CCN(C(=O)C2(Oc3cc(Cl)cc(Cl)c3)CCCN(C(=O)c3cnccc3C(F)(F)F)C2)CC1. The van der Waals surface area contributed by atoms with Gasteiger partial charge in [0.2, 0.25) is 5.60 Å². The number of anilines is 1. The van der Waals surface area contributed by atoms with Gasteiger partial charge in [-0.05, 0) is 49.2 Å². The first-order valence-corrected chi connectivity index (χ1v) is 14.4. The van der Waals surface area contributed by atoms with Crippen LogP contribution in [0.5, 0.6) is 11.5 Å². The Morgan fingerprint density at radius 2 is 1.65 bits per heavy atom. The molecule has 228 valence electrons. The predicted octanol–water partition coefficient (Wildman–Crippen LogP) is 5.82. The second kappa shape index (κ2) is 12.5. The van der Waals surface area contributed by atoms with Gasteiger partial charge in [0.15, 0.2) is 0 Å². The molecule has 0 saturated carbocycles. The number of aromatic nitrogens is 1.